The molecule has 0 spiro atoms. The molecule has 0 aromatic heterocycles. The minimum atomic E-state index is -0.633. The molecule has 2 aromatic carbocycles. The second kappa shape index (κ2) is 8.63. The van der Waals surface area contributed by atoms with E-state index in [0.29, 0.717) is 23.6 Å². The molecule has 0 fully saturated rings. The number of nitrogens with one attached hydrogen (secondary N) is 1. The maximum absolute atomic E-state index is 12.1. The maximum Gasteiger partial charge on any atom is 0.342 e. The maximum atomic E-state index is 12.1. The van der Waals surface area contributed by atoms with E-state index in [0.717, 1.165) is 0 Å². The highest BCUT2D eigenvalue weighted by atomic mass is 16.5. The third-order valence-electron chi connectivity index (χ3n) is 3.32. The molecule has 0 atom stereocenters. The Bertz CT molecular complexity index is 768. The summed E-state index contributed by atoms with van der Waals surface area (Å²) in [5, 5.41) is 2.60. The van der Waals surface area contributed by atoms with Crippen LogP contribution in [0.2, 0.25) is 0 Å². The molecule has 2 rings (SSSR count). The Labute approximate surface area is 145 Å². The number of anilines is 1. The van der Waals surface area contributed by atoms with Crippen LogP contribution in [0.1, 0.15) is 34.6 Å². The van der Waals surface area contributed by atoms with Crippen molar-refractivity contribution in [2.24, 2.45) is 0 Å². The summed E-state index contributed by atoms with van der Waals surface area (Å²) in [6, 6.07) is 13.1. The van der Waals surface area contributed by atoms with Gasteiger partial charge in [-0.15, -0.1) is 0 Å². The molecule has 0 heterocycles. The van der Waals surface area contributed by atoms with Crippen LogP contribution in [-0.4, -0.2) is 30.9 Å². The lowest BCUT2D eigenvalue weighted by molar-refractivity contribution is -0.119. The highest BCUT2D eigenvalue weighted by Crippen LogP contribution is 2.19. The normalized spacial score (nSPS) is 10.0. The van der Waals surface area contributed by atoms with Crippen molar-refractivity contribution in [2.75, 3.05) is 18.5 Å². The highest BCUT2D eigenvalue weighted by molar-refractivity contribution is 5.97. The van der Waals surface area contributed by atoms with Crippen LogP contribution in [-0.2, 0) is 9.53 Å². The molecule has 130 valence electrons. The lowest BCUT2D eigenvalue weighted by Crippen LogP contribution is -2.21. The van der Waals surface area contributed by atoms with Gasteiger partial charge in [0.05, 0.1) is 6.61 Å². The van der Waals surface area contributed by atoms with Crippen LogP contribution in [0, 0.1) is 0 Å². The van der Waals surface area contributed by atoms with Gasteiger partial charge in [0.15, 0.2) is 12.4 Å². The summed E-state index contributed by atoms with van der Waals surface area (Å²) in [6.45, 7) is 3.27. The molecule has 6 nitrogen and oxygen atoms in total. The Kier molecular flexibility index (Phi) is 6.28. The molecule has 0 aliphatic rings. The average Bonchev–Trinajstić information content (AvgIpc) is 2.61. The van der Waals surface area contributed by atoms with Crippen molar-refractivity contribution in [1.82, 2.24) is 0 Å². The number of hydrogen-bond donors (Lipinski definition) is 1. The van der Waals surface area contributed by atoms with Crippen LogP contribution >= 0.6 is 0 Å². The van der Waals surface area contributed by atoms with Gasteiger partial charge in [-0.2, -0.15) is 0 Å². The van der Waals surface area contributed by atoms with Crippen LogP contribution in [0.15, 0.2) is 48.5 Å². The topological polar surface area (TPSA) is 81.7 Å². The Morgan fingerprint density at radius 1 is 1.00 bits per heavy atom. The van der Waals surface area contributed by atoms with Crippen molar-refractivity contribution in [1.29, 1.82) is 0 Å². The van der Waals surface area contributed by atoms with Gasteiger partial charge < -0.3 is 14.8 Å². The second-order valence-corrected chi connectivity index (χ2v) is 5.19. The number of hydrogen-bond acceptors (Lipinski definition) is 5. The standard InChI is InChI=1S/C19H19NO5/c1-3-24-17-7-5-4-6-16(17)19(23)25-12-18(22)20-15-10-8-14(9-11-15)13(2)21/h4-11H,3,12H2,1-2H3,(H,20,22). The lowest BCUT2D eigenvalue weighted by atomic mass is 10.1. The van der Waals surface area contributed by atoms with Crippen molar-refractivity contribution in [2.45, 2.75) is 13.8 Å². The number of ketones is 1. The van der Waals surface area contributed by atoms with E-state index in [1.807, 2.05) is 6.92 Å². The number of esters is 1. The smallest absolute Gasteiger partial charge is 0.342 e. The summed E-state index contributed by atoms with van der Waals surface area (Å²) in [7, 11) is 0. The van der Waals surface area contributed by atoms with Crippen molar-refractivity contribution in [3.05, 3.63) is 59.7 Å². The largest absolute Gasteiger partial charge is 0.493 e. The average molecular weight is 341 g/mol. The molecule has 6 heteroatoms. The van der Waals surface area contributed by atoms with Crippen molar-refractivity contribution in [3.8, 4) is 5.75 Å². The Morgan fingerprint density at radius 2 is 1.68 bits per heavy atom. The summed E-state index contributed by atoms with van der Waals surface area (Å²) >= 11 is 0. The van der Waals surface area contributed by atoms with Crippen LogP contribution < -0.4 is 10.1 Å². The molecule has 0 aliphatic heterocycles. The van der Waals surface area contributed by atoms with E-state index < -0.39 is 18.5 Å². The van der Waals surface area contributed by atoms with Crippen molar-refractivity contribution >= 4 is 23.3 Å². The number of ether oxygens (including phenoxy) is 2. The van der Waals surface area contributed by atoms with Crippen LogP contribution in [0.5, 0.6) is 5.75 Å². The second-order valence-electron chi connectivity index (χ2n) is 5.19. The number of amides is 1. The summed E-state index contributed by atoms with van der Waals surface area (Å²) in [5.74, 6) is -0.751. The molecular formula is C19H19NO5. The highest BCUT2D eigenvalue weighted by Gasteiger charge is 2.15. The molecule has 0 saturated carbocycles. The minimum Gasteiger partial charge on any atom is -0.493 e. The lowest BCUT2D eigenvalue weighted by Gasteiger charge is -2.10. The quantitative estimate of drug-likeness (QED) is 0.618. The van der Waals surface area contributed by atoms with E-state index in [-0.39, 0.29) is 11.3 Å². The monoisotopic (exact) mass is 341 g/mol. The van der Waals surface area contributed by atoms with E-state index in [1.54, 1.807) is 48.5 Å². The van der Waals surface area contributed by atoms with Gasteiger partial charge in [0.25, 0.3) is 5.91 Å². The van der Waals surface area contributed by atoms with E-state index in [2.05, 4.69) is 5.32 Å². The molecule has 0 bridgehead atoms. The first-order valence-electron chi connectivity index (χ1n) is 7.81. The van der Waals surface area contributed by atoms with E-state index in [9.17, 15) is 14.4 Å². The Balaban J connectivity index is 1.91. The molecule has 1 N–H and O–H groups in total. The van der Waals surface area contributed by atoms with Crippen LogP contribution in [0.4, 0.5) is 5.69 Å². The summed E-state index contributed by atoms with van der Waals surface area (Å²) in [4.78, 5) is 35.2. The van der Waals surface area contributed by atoms with Crippen molar-refractivity contribution < 1.29 is 23.9 Å². The van der Waals surface area contributed by atoms with Gasteiger partial charge in [0.1, 0.15) is 11.3 Å². The van der Waals surface area contributed by atoms with Crippen molar-refractivity contribution in [3.63, 3.8) is 0 Å². The Hall–Kier alpha value is -3.15. The zero-order valence-electron chi connectivity index (χ0n) is 14.1. The molecule has 0 radical (unpaired) electrons. The van der Waals surface area contributed by atoms with Gasteiger partial charge in [-0.25, -0.2) is 4.79 Å². The first-order chi connectivity index (χ1) is 12.0. The van der Waals surface area contributed by atoms with Crippen LogP contribution in [0.25, 0.3) is 0 Å². The fourth-order valence-corrected chi connectivity index (χ4v) is 2.11. The van der Waals surface area contributed by atoms with Gasteiger partial charge in [0.2, 0.25) is 0 Å². The zero-order valence-corrected chi connectivity index (χ0v) is 14.1. The predicted molar refractivity (Wildman–Crippen MR) is 93.0 cm³/mol. The first-order valence-corrected chi connectivity index (χ1v) is 7.81. The van der Waals surface area contributed by atoms with Crippen LogP contribution in [0.3, 0.4) is 0 Å². The number of carbonyl (C=O) groups is 3. The zero-order chi connectivity index (χ0) is 18.2. The molecule has 2 aromatic rings. The molecule has 0 unspecified atom stereocenters. The minimum absolute atomic E-state index is 0.0558. The third-order valence-corrected chi connectivity index (χ3v) is 3.32. The number of benzene rings is 2. The molecule has 0 saturated heterocycles. The summed E-state index contributed by atoms with van der Waals surface area (Å²) in [5.41, 5.74) is 1.33. The van der Waals surface area contributed by atoms with Gasteiger partial charge in [-0.3, -0.25) is 9.59 Å². The number of rotatable bonds is 7. The van der Waals surface area contributed by atoms with E-state index >= 15 is 0 Å². The molecule has 1 amide bonds. The summed E-state index contributed by atoms with van der Waals surface area (Å²) in [6.07, 6.45) is 0. The fourth-order valence-electron chi connectivity index (χ4n) is 2.11. The number of carbonyl (C=O) groups excluding carboxylic acids is 3. The van der Waals surface area contributed by atoms with E-state index in [1.165, 1.54) is 6.92 Å². The molecule has 0 aliphatic carbocycles. The number of Topliss-reactive ketones (excluding diaryl/α,β-unsaturated/α-hetero) is 1. The third kappa shape index (κ3) is 5.17. The van der Waals surface area contributed by atoms with Gasteiger partial charge in [-0.05, 0) is 50.2 Å². The van der Waals surface area contributed by atoms with Gasteiger partial charge in [0, 0.05) is 11.3 Å². The predicted octanol–water partition coefficient (Wildman–Crippen LogP) is 3.08. The first kappa shape index (κ1) is 18.2. The Morgan fingerprint density at radius 3 is 2.32 bits per heavy atom. The SMILES string of the molecule is CCOc1ccccc1C(=O)OCC(=O)Nc1ccc(C(C)=O)cc1. The number of para-hydroxylation sites is 1. The van der Waals surface area contributed by atoms with Gasteiger partial charge >= 0.3 is 5.97 Å². The fraction of sp³-hybridized carbons (Fsp3) is 0.211. The molecular weight excluding hydrogens is 322 g/mol. The van der Waals surface area contributed by atoms with E-state index in [4.69, 9.17) is 9.47 Å². The summed E-state index contributed by atoms with van der Waals surface area (Å²) < 4.78 is 10.4. The molecule has 25 heavy (non-hydrogen) atoms. The van der Waals surface area contributed by atoms with Gasteiger partial charge in [-0.1, -0.05) is 12.1 Å².